The molecule has 1 spiro atoms. The number of hydrogen-bond acceptors (Lipinski definition) is 3. The lowest BCUT2D eigenvalue weighted by Gasteiger charge is -2.25. The Kier molecular flexibility index (Phi) is 5.66. The number of guanidine groups is 1. The number of rotatable bonds is 4. The molecule has 2 heterocycles. The summed E-state index contributed by atoms with van der Waals surface area (Å²) < 4.78 is 12.0. The Labute approximate surface area is 152 Å². The third kappa shape index (κ3) is 3.86. The van der Waals surface area contributed by atoms with Gasteiger partial charge in [-0.1, -0.05) is 15.9 Å². The van der Waals surface area contributed by atoms with E-state index in [0.29, 0.717) is 12.0 Å². The van der Waals surface area contributed by atoms with Crippen molar-refractivity contribution >= 4 is 21.9 Å². The Bertz CT molecular complexity index is 600. The average molecular weight is 396 g/mol. The van der Waals surface area contributed by atoms with Gasteiger partial charge in [0.1, 0.15) is 5.75 Å². The van der Waals surface area contributed by atoms with Gasteiger partial charge in [-0.05, 0) is 43.5 Å². The van der Waals surface area contributed by atoms with Crippen molar-refractivity contribution in [1.29, 1.82) is 0 Å². The summed E-state index contributed by atoms with van der Waals surface area (Å²) in [6.07, 6.45) is 2.37. The summed E-state index contributed by atoms with van der Waals surface area (Å²) >= 11 is 3.61. The van der Waals surface area contributed by atoms with E-state index in [1.54, 1.807) is 7.11 Å². The van der Waals surface area contributed by atoms with Crippen molar-refractivity contribution in [2.45, 2.75) is 26.3 Å². The van der Waals surface area contributed by atoms with Crippen molar-refractivity contribution in [3.05, 3.63) is 28.2 Å². The summed E-state index contributed by atoms with van der Waals surface area (Å²) in [5.74, 6) is 1.85. The van der Waals surface area contributed by atoms with Crippen LogP contribution in [-0.4, -0.2) is 50.8 Å². The van der Waals surface area contributed by atoms with Crippen molar-refractivity contribution in [1.82, 2.24) is 10.2 Å². The minimum absolute atomic E-state index is 0.340. The van der Waals surface area contributed by atoms with Crippen molar-refractivity contribution < 1.29 is 9.47 Å². The number of benzene rings is 1. The quantitative estimate of drug-likeness (QED) is 0.628. The molecule has 24 heavy (non-hydrogen) atoms. The Balaban J connectivity index is 1.72. The molecule has 0 radical (unpaired) electrons. The molecular formula is C18H26BrN3O2. The van der Waals surface area contributed by atoms with Gasteiger partial charge < -0.3 is 19.7 Å². The van der Waals surface area contributed by atoms with E-state index in [1.165, 1.54) is 12.8 Å². The van der Waals surface area contributed by atoms with Crippen molar-refractivity contribution in [2.75, 3.05) is 40.0 Å². The monoisotopic (exact) mass is 395 g/mol. The van der Waals surface area contributed by atoms with Crippen LogP contribution < -0.4 is 10.1 Å². The van der Waals surface area contributed by atoms with Crippen molar-refractivity contribution in [3.63, 3.8) is 0 Å². The van der Waals surface area contributed by atoms with E-state index in [2.05, 4.69) is 33.1 Å². The Morgan fingerprint density at radius 3 is 3.04 bits per heavy atom. The summed E-state index contributed by atoms with van der Waals surface area (Å²) in [6, 6.07) is 6.00. The van der Waals surface area contributed by atoms with Crippen LogP contribution in [0.15, 0.2) is 27.7 Å². The van der Waals surface area contributed by atoms with Crippen molar-refractivity contribution in [2.24, 2.45) is 10.4 Å². The van der Waals surface area contributed by atoms with Gasteiger partial charge in [-0.15, -0.1) is 0 Å². The van der Waals surface area contributed by atoms with E-state index in [0.717, 1.165) is 54.6 Å². The van der Waals surface area contributed by atoms with E-state index in [4.69, 9.17) is 14.5 Å². The molecule has 1 unspecified atom stereocenters. The van der Waals surface area contributed by atoms with Gasteiger partial charge in [0.15, 0.2) is 5.96 Å². The first kappa shape index (κ1) is 17.5. The molecule has 0 amide bonds. The average Bonchev–Trinajstić information content (AvgIpc) is 3.23. The largest absolute Gasteiger partial charge is 0.497 e. The maximum atomic E-state index is 5.63. The number of ether oxygens (including phenoxy) is 2. The zero-order valence-electron chi connectivity index (χ0n) is 14.5. The SMILES string of the molecule is CCNC(=NCc1cc(OC)ccc1Br)N1CCC2(CCOC2)C1. The highest BCUT2D eigenvalue weighted by atomic mass is 79.9. The molecule has 0 bridgehead atoms. The van der Waals surface area contributed by atoms with Gasteiger partial charge in [0, 0.05) is 36.1 Å². The minimum atomic E-state index is 0.340. The van der Waals surface area contributed by atoms with Crippen LogP contribution in [0.1, 0.15) is 25.3 Å². The van der Waals surface area contributed by atoms with E-state index >= 15 is 0 Å². The molecule has 3 rings (SSSR count). The normalized spacial score (nSPS) is 24.0. The van der Waals surface area contributed by atoms with Crippen LogP contribution in [0, 0.1) is 5.41 Å². The molecule has 6 heteroatoms. The predicted octanol–water partition coefficient (Wildman–Crippen LogP) is 3.04. The Morgan fingerprint density at radius 2 is 2.33 bits per heavy atom. The number of likely N-dealkylation sites (tertiary alicyclic amines) is 1. The first-order valence-corrected chi connectivity index (χ1v) is 9.38. The summed E-state index contributed by atoms with van der Waals surface area (Å²) in [5.41, 5.74) is 1.47. The van der Waals surface area contributed by atoms with E-state index in [-0.39, 0.29) is 0 Å². The van der Waals surface area contributed by atoms with E-state index in [1.807, 2.05) is 18.2 Å². The third-order valence-corrected chi connectivity index (χ3v) is 5.68. The molecule has 1 atom stereocenters. The highest BCUT2D eigenvalue weighted by Crippen LogP contribution is 2.38. The highest BCUT2D eigenvalue weighted by Gasteiger charge is 2.42. The van der Waals surface area contributed by atoms with Gasteiger partial charge in [0.2, 0.25) is 0 Å². The summed E-state index contributed by atoms with van der Waals surface area (Å²) in [5, 5.41) is 3.44. The van der Waals surface area contributed by atoms with Crippen LogP contribution in [-0.2, 0) is 11.3 Å². The van der Waals surface area contributed by atoms with Gasteiger partial charge in [-0.25, -0.2) is 4.99 Å². The number of nitrogens with zero attached hydrogens (tertiary/aromatic N) is 2. The van der Waals surface area contributed by atoms with Crippen LogP contribution in [0.2, 0.25) is 0 Å². The zero-order valence-corrected chi connectivity index (χ0v) is 16.1. The fraction of sp³-hybridized carbons (Fsp3) is 0.611. The molecule has 1 aromatic carbocycles. The summed E-state index contributed by atoms with van der Waals surface area (Å²) in [4.78, 5) is 7.24. The fourth-order valence-corrected chi connectivity index (χ4v) is 3.84. The number of hydrogen-bond donors (Lipinski definition) is 1. The summed E-state index contributed by atoms with van der Waals surface area (Å²) in [6.45, 7) is 7.49. The van der Waals surface area contributed by atoms with Crippen LogP contribution in [0.4, 0.5) is 0 Å². The second kappa shape index (κ2) is 7.74. The molecule has 132 valence electrons. The first-order valence-electron chi connectivity index (χ1n) is 8.59. The van der Waals surface area contributed by atoms with Gasteiger partial charge in [0.05, 0.1) is 20.3 Å². The maximum absolute atomic E-state index is 5.63. The van der Waals surface area contributed by atoms with Gasteiger partial charge in [0.25, 0.3) is 0 Å². The van der Waals surface area contributed by atoms with Crippen LogP contribution in [0.25, 0.3) is 0 Å². The number of methoxy groups -OCH3 is 1. The molecule has 0 aromatic heterocycles. The predicted molar refractivity (Wildman–Crippen MR) is 99.6 cm³/mol. The molecular weight excluding hydrogens is 370 g/mol. The molecule has 2 aliphatic rings. The smallest absolute Gasteiger partial charge is 0.194 e. The molecule has 0 saturated carbocycles. The second-order valence-corrected chi connectivity index (χ2v) is 7.46. The van der Waals surface area contributed by atoms with Gasteiger partial charge >= 0.3 is 0 Å². The summed E-state index contributed by atoms with van der Waals surface area (Å²) in [7, 11) is 1.69. The standard InChI is InChI=1S/C18H26BrN3O2/c1-3-20-17(22-8-6-18(12-22)7-9-24-13-18)21-11-14-10-15(23-2)4-5-16(14)19/h4-5,10H,3,6-9,11-13H2,1-2H3,(H,20,21). The van der Waals surface area contributed by atoms with E-state index < -0.39 is 0 Å². The van der Waals surface area contributed by atoms with Crippen molar-refractivity contribution in [3.8, 4) is 5.75 Å². The number of halogens is 1. The zero-order chi connectivity index (χ0) is 17.0. The maximum Gasteiger partial charge on any atom is 0.194 e. The highest BCUT2D eigenvalue weighted by molar-refractivity contribution is 9.10. The van der Waals surface area contributed by atoms with Crippen LogP contribution in [0.3, 0.4) is 0 Å². The number of aliphatic imine (C=N–C) groups is 1. The lowest BCUT2D eigenvalue weighted by molar-refractivity contribution is 0.156. The third-order valence-electron chi connectivity index (χ3n) is 4.91. The Hall–Kier alpha value is -1.27. The lowest BCUT2D eigenvalue weighted by atomic mass is 9.87. The van der Waals surface area contributed by atoms with Crippen LogP contribution in [0.5, 0.6) is 5.75 Å². The van der Waals surface area contributed by atoms with Gasteiger partial charge in [-0.2, -0.15) is 0 Å². The number of nitrogens with one attached hydrogen (secondary N) is 1. The van der Waals surface area contributed by atoms with Crippen LogP contribution >= 0.6 is 15.9 Å². The molecule has 2 saturated heterocycles. The first-order chi connectivity index (χ1) is 11.7. The Morgan fingerprint density at radius 1 is 1.46 bits per heavy atom. The second-order valence-electron chi connectivity index (χ2n) is 6.60. The molecule has 2 aliphatic heterocycles. The minimum Gasteiger partial charge on any atom is -0.497 e. The lowest BCUT2D eigenvalue weighted by Crippen LogP contribution is -2.41. The fourth-order valence-electron chi connectivity index (χ4n) is 3.47. The topological polar surface area (TPSA) is 46.1 Å². The molecule has 2 fully saturated rings. The molecule has 0 aliphatic carbocycles. The molecule has 5 nitrogen and oxygen atoms in total. The van der Waals surface area contributed by atoms with E-state index in [9.17, 15) is 0 Å². The molecule has 1 aromatic rings. The van der Waals surface area contributed by atoms with Gasteiger partial charge in [-0.3, -0.25) is 0 Å². The molecule has 1 N–H and O–H groups in total.